The van der Waals surface area contributed by atoms with E-state index in [1.807, 2.05) is 0 Å². The molecule has 0 aromatic rings. The van der Waals surface area contributed by atoms with E-state index in [1.165, 1.54) is 0 Å². The molecular weight excluding hydrogens is 322 g/mol. The quantitative estimate of drug-likeness (QED) is 0.226. The van der Waals surface area contributed by atoms with Gasteiger partial charge in [0.1, 0.15) is 6.54 Å². The van der Waals surface area contributed by atoms with Gasteiger partial charge in [-0.2, -0.15) is 8.42 Å². The van der Waals surface area contributed by atoms with Crippen LogP contribution in [0.5, 0.6) is 0 Å². The number of quaternary nitrogens is 1. The Morgan fingerprint density at radius 3 is 2.26 bits per heavy atom. The first-order valence-electron chi connectivity index (χ1n) is 7.94. The first-order valence-corrected chi connectivity index (χ1v) is 9.54. The molecule has 0 aliphatic heterocycles. The molecule has 0 amide bonds. The van der Waals surface area contributed by atoms with Crippen molar-refractivity contribution < 1.29 is 32.1 Å². The molecule has 23 heavy (non-hydrogen) atoms. The van der Waals surface area contributed by atoms with Gasteiger partial charge in [-0.1, -0.05) is 6.08 Å². The number of carboxylic acid groups (broad SMARTS) is 1. The van der Waals surface area contributed by atoms with Gasteiger partial charge in [0.25, 0.3) is 10.1 Å². The Morgan fingerprint density at radius 2 is 1.78 bits per heavy atom. The molecule has 0 spiro atoms. The average Bonchev–Trinajstić information content (AvgIpc) is 2.47. The fraction of sp³-hybridized carbons (Fsp3) is 0.800. The van der Waals surface area contributed by atoms with Crippen molar-refractivity contribution in [3.05, 3.63) is 11.6 Å². The first-order chi connectivity index (χ1) is 10.7. The third-order valence-electron chi connectivity index (χ3n) is 4.14. The largest absolute Gasteiger partial charge is 0.478 e. The lowest BCUT2D eigenvalue weighted by molar-refractivity contribution is -0.925. The summed E-state index contributed by atoms with van der Waals surface area (Å²) in [6, 6.07) is 0. The van der Waals surface area contributed by atoms with Gasteiger partial charge in [-0.15, -0.1) is 0 Å². The molecule has 0 bridgehead atoms. The van der Waals surface area contributed by atoms with E-state index in [4.69, 9.17) is 14.4 Å². The van der Waals surface area contributed by atoms with E-state index in [0.717, 1.165) is 24.1 Å². The minimum absolute atomic E-state index is 0.215. The first kappa shape index (κ1) is 22.0. The van der Waals surface area contributed by atoms with Crippen molar-refractivity contribution in [2.45, 2.75) is 33.6 Å². The highest BCUT2D eigenvalue weighted by Gasteiger charge is 2.23. The molecule has 0 rings (SSSR count). The van der Waals surface area contributed by atoms with E-state index >= 15 is 0 Å². The predicted octanol–water partition coefficient (Wildman–Crippen LogP) is 1.56. The number of carboxylic acids is 1. The fourth-order valence-corrected chi connectivity index (χ4v) is 2.85. The zero-order valence-electron chi connectivity index (χ0n) is 14.3. The second-order valence-electron chi connectivity index (χ2n) is 5.65. The van der Waals surface area contributed by atoms with E-state index < -0.39 is 16.1 Å². The molecule has 0 aromatic heterocycles. The van der Waals surface area contributed by atoms with Crippen LogP contribution in [0.25, 0.3) is 0 Å². The Morgan fingerprint density at radius 1 is 1.17 bits per heavy atom. The molecule has 0 aliphatic rings. The topological polar surface area (TPSA) is 101 Å². The van der Waals surface area contributed by atoms with Crippen molar-refractivity contribution >= 4 is 16.1 Å². The third kappa shape index (κ3) is 10.4. The van der Waals surface area contributed by atoms with Gasteiger partial charge in [-0.3, -0.25) is 4.55 Å². The van der Waals surface area contributed by atoms with Gasteiger partial charge in [0.15, 0.2) is 0 Å². The molecule has 0 atom stereocenters. The van der Waals surface area contributed by atoms with Crippen molar-refractivity contribution in [2.24, 2.45) is 0 Å². The molecule has 2 N–H and O–H groups in total. The van der Waals surface area contributed by atoms with Crippen molar-refractivity contribution in [2.75, 3.05) is 45.1 Å². The van der Waals surface area contributed by atoms with Crippen LogP contribution in [0, 0.1) is 0 Å². The zero-order valence-corrected chi connectivity index (χ0v) is 15.1. The molecule has 8 heteroatoms. The van der Waals surface area contributed by atoms with Gasteiger partial charge in [0.05, 0.1) is 38.6 Å². The van der Waals surface area contributed by atoms with Crippen LogP contribution < -0.4 is 0 Å². The molecule has 7 nitrogen and oxygen atoms in total. The zero-order chi connectivity index (χ0) is 17.9. The number of carbonyl (C=O) groups is 1. The van der Waals surface area contributed by atoms with Crippen molar-refractivity contribution in [1.29, 1.82) is 0 Å². The summed E-state index contributed by atoms with van der Waals surface area (Å²) in [5.41, 5.74) is 0.311. The molecule has 0 unspecified atom stereocenters. The lowest BCUT2D eigenvalue weighted by Gasteiger charge is -2.36. The van der Waals surface area contributed by atoms with Crippen molar-refractivity contribution in [3.8, 4) is 0 Å². The van der Waals surface area contributed by atoms with Crippen LogP contribution >= 0.6 is 0 Å². The summed E-state index contributed by atoms with van der Waals surface area (Å²) in [6.45, 7) is 9.82. The molecule has 0 aliphatic carbocycles. The van der Waals surface area contributed by atoms with Crippen LogP contribution in [0.3, 0.4) is 0 Å². The number of rotatable bonds is 13. The number of hydrogen-bond donors (Lipinski definition) is 2. The Hall–Kier alpha value is -0.960. The number of nitrogens with zero attached hydrogens (tertiary/aromatic N) is 1. The summed E-state index contributed by atoms with van der Waals surface area (Å²) in [7, 11) is -3.91. The lowest BCUT2D eigenvalue weighted by Crippen LogP contribution is -2.50. The van der Waals surface area contributed by atoms with Gasteiger partial charge in [0.2, 0.25) is 0 Å². The second-order valence-corrected chi connectivity index (χ2v) is 7.23. The standard InChI is InChI=1S/C15H29NO6S/c1-4-16(5-2,9-7-13-23(19,20)21)10-12-22-11-6-8-14(3)15(17)18/h8H,4-7,9-13H2,1-3H3,(H-,17,18,19,20,21)/p+1. The molecule has 0 fully saturated rings. The normalized spacial score (nSPS) is 13.3. The van der Waals surface area contributed by atoms with Crippen LogP contribution in [-0.2, 0) is 19.6 Å². The molecule has 0 saturated carbocycles. The highest BCUT2D eigenvalue weighted by Crippen LogP contribution is 2.09. The minimum atomic E-state index is -3.91. The maximum atomic E-state index is 10.8. The van der Waals surface area contributed by atoms with Crippen LogP contribution in [0.2, 0.25) is 0 Å². The number of hydrogen-bond acceptors (Lipinski definition) is 4. The Balaban J connectivity index is 4.18. The maximum absolute atomic E-state index is 10.8. The summed E-state index contributed by atoms with van der Waals surface area (Å²) in [5, 5.41) is 8.72. The summed E-state index contributed by atoms with van der Waals surface area (Å²) in [5.74, 6) is -1.14. The van der Waals surface area contributed by atoms with Crippen molar-refractivity contribution in [3.63, 3.8) is 0 Å². The smallest absolute Gasteiger partial charge is 0.330 e. The fourth-order valence-electron chi connectivity index (χ4n) is 2.36. The van der Waals surface area contributed by atoms with E-state index in [1.54, 1.807) is 13.0 Å². The van der Waals surface area contributed by atoms with E-state index in [-0.39, 0.29) is 5.75 Å². The minimum Gasteiger partial charge on any atom is -0.478 e. The van der Waals surface area contributed by atoms with Crippen LogP contribution in [0.1, 0.15) is 33.6 Å². The highest BCUT2D eigenvalue weighted by atomic mass is 32.2. The SMILES string of the molecule is CC[N+](CC)(CCCS(=O)(=O)O)CCOCCC=C(C)C(=O)O. The lowest BCUT2D eigenvalue weighted by atomic mass is 10.2. The van der Waals surface area contributed by atoms with Crippen LogP contribution in [-0.4, -0.2) is 73.7 Å². The summed E-state index contributed by atoms with van der Waals surface area (Å²) in [6.07, 6.45) is 2.61. The molecule has 0 saturated heterocycles. The average molecular weight is 352 g/mol. The maximum Gasteiger partial charge on any atom is 0.330 e. The predicted molar refractivity (Wildman–Crippen MR) is 88.9 cm³/mol. The Bertz CT molecular complexity index is 482. The van der Waals surface area contributed by atoms with Crippen LogP contribution in [0.15, 0.2) is 11.6 Å². The van der Waals surface area contributed by atoms with Gasteiger partial charge in [-0.05, 0) is 27.2 Å². The van der Waals surface area contributed by atoms with Gasteiger partial charge in [-0.25, -0.2) is 4.79 Å². The molecule has 0 heterocycles. The summed E-state index contributed by atoms with van der Waals surface area (Å²) in [4.78, 5) is 10.6. The molecule has 0 aromatic carbocycles. The van der Waals surface area contributed by atoms with E-state index in [0.29, 0.717) is 38.2 Å². The number of likely N-dealkylation sites (N-methyl/N-ethyl adjacent to an activating group) is 1. The Kier molecular flexibility index (Phi) is 10.3. The van der Waals surface area contributed by atoms with E-state index in [9.17, 15) is 13.2 Å². The van der Waals surface area contributed by atoms with E-state index in [2.05, 4.69) is 13.8 Å². The molecular formula is C15H30NO6S+. The van der Waals surface area contributed by atoms with Crippen LogP contribution in [0.4, 0.5) is 0 Å². The van der Waals surface area contributed by atoms with Gasteiger partial charge >= 0.3 is 5.97 Å². The second kappa shape index (κ2) is 10.7. The molecule has 136 valence electrons. The Labute approximate surface area is 139 Å². The summed E-state index contributed by atoms with van der Waals surface area (Å²) < 4.78 is 36.7. The highest BCUT2D eigenvalue weighted by molar-refractivity contribution is 7.85. The third-order valence-corrected chi connectivity index (χ3v) is 4.94. The van der Waals surface area contributed by atoms with Gasteiger partial charge < -0.3 is 14.3 Å². The monoisotopic (exact) mass is 352 g/mol. The summed E-state index contributed by atoms with van der Waals surface area (Å²) >= 11 is 0. The number of aliphatic carboxylic acids is 1. The van der Waals surface area contributed by atoms with Crippen molar-refractivity contribution in [1.82, 2.24) is 0 Å². The molecule has 0 radical (unpaired) electrons. The number of ether oxygens (including phenoxy) is 1. The van der Waals surface area contributed by atoms with Gasteiger partial charge in [0, 0.05) is 12.0 Å².